The maximum absolute atomic E-state index is 14.0. The highest BCUT2D eigenvalue weighted by atomic mass is 16.5. The number of hydrogen-bond acceptors (Lipinski definition) is 7. The van der Waals surface area contributed by atoms with Crippen molar-refractivity contribution in [2.24, 2.45) is 0 Å². The second-order valence-corrected chi connectivity index (χ2v) is 10.5. The Morgan fingerprint density at radius 1 is 1.00 bits per heavy atom. The number of esters is 1. The molecule has 3 atom stereocenters. The highest BCUT2D eigenvalue weighted by Crippen LogP contribution is 2.48. The Bertz CT molecular complexity index is 1310. The molecule has 1 aliphatic heterocycles. The van der Waals surface area contributed by atoms with E-state index in [2.05, 4.69) is 5.32 Å². The third-order valence-corrected chi connectivity index (χ3v) is 7.40. The first-order valence-corrected chi connectivity index (χ1v) is 13.6. The van der Waals surface area contributed by atoms with Crippen LogP contribution in [-0.2, 0) is 14.3 Å². The largest absolute Gasteiger partial charge is 0.493 e. The summed E-state index contributed by atoms with van der Waals surface area (Å²) in [6.07, 6.45) is 1.31. The van der Waals surface area contributed by atoms with Gasteiger partial charge in [0, 0.05) is 29.0 Å². The fraction of sp³-hybridized carbons (Fsp3) is 0.438. The first kappa shape index (κ1) is 28.3. The number of ether oxygens (including phenoxy) is 4. The molecule has 7 nitrogen and oxygen atoms in total. The number of methoxy groups -OCH3 is 2. The summed E-state index contributed by atoms with van der Waals surface area (Å²) in [5.41, 5.74) is 4.35. The molecule has 0 saturated heterocycles. The molecule has 0 unspecified atom stereocenters. The molecule has 0 aromatic heterocycles. The van der Waals surface area contributed by atoms with Crippen LogP contribution in [0.15, 0.2) is 65.0 Å². The summed E-state index contributed by atoms with van der Waals surface area (Å²) in [5.74, 6) is 0.864. The van der Waals surface area contributed by atoms with Gasteiger partial charge >= 0.3 is 5.97 Å². The van der Waals surface area contributed by atoms with Gasteiger partial charge in [0.1, 0.15) is 5.75 Å². The van der Waals surface area contributed by atoms with E-state index in [1.165, 1.54) is 0 Å². The van der Waals surface area contributed by atoms with Crippen molar-refractivity contribution in [1.82, 2.24) is 5.32 Å². The first-order valence-electron chi connectivity index (χ1n) is 13.6. The monoisotopic (exact) mass is 533 g/mol. The van der Waals surface area contributed by atoms with Crippen LogP contribution in [0.1, 0.15) is 76.8 Å². The predicted molar refractivity (Wildman–Crippen MR) is 150 cm³/mol. The van der Waals surface area contributed by atoms with Crippen molar-refractivity contribution in [3.63, 3.8) is 0 Å². The van der Waals surface area contributed by atoms with Gasteiger partial charge in [-0.25, -0.2) is 4.79 Å². The molecule has 0 spiro atoms. The number of ketones is 1. The Labute approximate surface area is 231 Å². The number of para-hydroxylation sites is 1. The minimum atomic E-state index is -0.591. The van der Waals surface area contributed by atoms with E-state index in [9.17, 15) is 9.59 Å². The summed E-state index contributed by atoms with van der Waals surface area (Å²) in [5, 5.41) is 3.42. The quantitative estimate of drug-likeness (QED) is 0.385. The van der Waals surface area contributed by atoms with E-state index in [1.807, 2.05) is 77.1 Å². The molecule has 0 saturated carbocycles. The number of carbonyl (C=O) groups excluding carboxylic acids is 2. The molecule has 39 heavy (non-hydrogen) atoms. The molecule has 0 fully saturated rings. The Morgan fingerprint density at radius 2 is 1.72 bits per heavy atom. The Balaban J connectivity index is 1.81. The van der Waals surface area contributed by atoms with Crippen LogP contribution in [0.2, 0.25) is 0 Å². The SMILES string of the molecule is CC[C@@H](C)OC(=O)C1=C(C)NC2=C(C(=O)C[C@H](c3ccc(OC)c(OC)c3)C2)[C@H]1c1ccccc1OC(C)C. The lowest BCUT2D eigenvalue weighted by Crippen LogP contribution is -2.36. The molecule has 2 aromatic rings. The van der Waals surface area contributed by atoms with Gasteiger partial charge in [0.15, 0.2) is 17.3 Å². The summed E-state index contributed by atoms with van der Waals surface area (Å²) in [7, 11) is 3.21. The molecule has 1 heterocycles. The van der Waals surface area contributed by atoms with E-state index < -0.39 is 11.9 Å². The number of dihydropyridines is 1. The number of rotatable bonds is 9. The van der Waals surface area contributed by atoms with E-state index in [0.717, 1.165) is 16.8 Å². The summed E-state index contributed by atoms with van der Waals surface area (Å²) in [6.45, 7) is 9.64. The molecule has 4 rings (SSSR count). The lowest BCUT2D eigenvalue weighted by molar-refractivity contribution is -0.144. The van der Waals surface area contributed by atoms with E-state index in [4.69, 9.17) is 18.9 Å². The summed E-state index contributed by atoms with van der Waals surface area (Å²) in [6, 6.07) is 13.4. The van der Waals surface area contributed by atoms with Crippen LogP contribution in [0.3, 0.4) is 0 Å². The molecule has 7 heteroatoms. The Kier molecular flexibility index (Phi) is 8.68. The van der Waals surface area contributed by atoms with Gasteiger partial charge in [-0.3, -0.25) is 4.79 Å². The van der Waals surface area contributed by atoms with Crippen molar-refractivity contribution in [2.45, 2.75) is 77.9 Å². The van der Waals surface area contributed by atoms with Gasteiger partial charge in [0.2, 0.25) is 0 Å². The number of hydrogen-bond donors (Lipinski definition) is 1. The minimum Gasteiger partial charge on any atom is -0.493 e. The molecular weight excluding hydrogens is 494 g/mol. The zero-order valence-electron chi connectivity index (χ0n) is 23.9. The molecule has 0 bridgehead atoms. The highest BCUT2D eigenvalue weighted by molar-refractivity contribution is 6.04. The molecule has 208 valence electrons. The normalized spacial score (nSPS) is 19.8. The van der Waals surface area contributed by atoms with Gasteiger partial charge in [-0.05, 0) is 70.2 Å². The average Bonchev–Trinajstić information content (AvgIpc) is 2.91. The molecule has 2 aliphatic rings. The maximum Gasteiger partial charge on any atom is 0.337 e. The van der Waals surface area contributed by atoms with Crippen molar-refractivity contribution < 1.29 is 28.5 Å². The van der Waals surface area contributed by atoms with Gasteiger partial charge < -0.3 is 24.3 Å². The van der Waals surface area contributed by atoms with Crippen molar-refractivity contribution in [1.29, 1.82) is 0 Å². The first-order chi connectivity index (χ1) is 18.7. The maximum atomic E-state index is 14.0. The highest BCUT2D eigenvalue weighted by Gasteiger charge is 2.42. The number of nitrogens with one attached hydrogen (secondary N) is 1. The third-order valence-electron chi connectivity index (χ3n) is 7.40. The number of Topliss-reactive ketones (excluding diaryl/α,β-unsaturated/α-hetero) is 1. The summed E-state index contributed by atoms with van der Waals surface area (Å²) >= 11 is 0. The summed E-state index contributed by atoms with van der Waals surface area (Å²) in [4.78, 5) is 27.6. The summed E-state index contributed by atoms with van der Waals surface area (Å²) < 4.78 is 22.9. The standard InChI is InChI=1S/C32H39NO6/c1-8-19(4)39-32(35)29-20(5)33-24-15-22(21-13-14-27(36-6)28(17-21)37-7)16-25(34)31(24)30(29)23-11-9-10-12-26(23)38-18(2)3/h9-14,17-19,22,30,33H,8,15-16H2,1-7H3/t19-,22-,30+/m1/s1. The van der Waals surface area contributed by atoms with Crippen molar-refractivity contribution in [3.05, 3.63) is 76.1 Å². The number of allylic oxidation sites excluding steroid dienone is 3. The third kappa shape index (κ3) is 5.82. The van der Waals surface area contributed by atoms with Crippen LogP contribution in [0.4, 0.5) is 0 Å². The second-order valence-electron chi connectivity index (χ2n) is 10.5. The fourth-order valence-electron chi connectivity index (χ4n) is 5.37. The molecule has 2 aromatic carbocycles. The van der Waals surface area contributed by atoms with E-state index in [1.54, 1.807) is 14.2 Å². The molecule has 0 radical (unpaired) electrons. The van der Waals surface area contributed by atoms with Gasteiger partial charge in [0.25, 0.3) is 0 Å². The smallest absolute Gasteiger partial charge is 0.337 e. The van der Waals surface area contributed by atoms with Crippen LogP contribution in [0.5, 0.6) is 17.2 Å². The van der Waals surface area contributed by atoms with Gasteiger partial charge in [-0.1, -0.05) is 31.2 Å². The van der Waals surface area contributed by atoms with E-state index in [-0.39, 0.29) is 23.9 Å². The fourth-order valence-corrected chi connectivity index (χ4v) is 5.37. The zero-order chi connectivity index (χ0) is 28.3. The van der Waals surface area contributed by atoms with Gasteiger partial charge in [-0.2, -0.15) is 0 Å². The topological polar surface area (TPSA) is 83.1 Å². The van der Waals surface area contributed by atoms with Crippen LogP contribution < -0.4 is 19.5 Å². The average molecular weight is 534 g/mol. The van der Waals surface area contributed by atoms with Crippen LogP contribution >= 0.6 is 0 Å². The van der Waals surface area contributed by atoms with Crippen LogP contribution in [0, 0.1) is 0 Å². The lowest BCUT2D eigenvalue weighted by atomic mass is 9.71. The van der Waals surface area contributed by atoms with Crippen LogP contribution in [0.25, 0.3) is 0 Å². The predicted octanol–water partition coefficient (Wildman–Crippen LogP) is 6.19. The van der Waals surface area contributed by atoms with Crippen LogP contribution in [-0.4, -0.2) is 38.2 Å². The van der Waals surface area contributed by atoms with Crippen molar-refractivity contribution in [2.75, 3.05) is 14.2 Å². The van der Waals surface area contributed by atoms with Gasteiger partial charge in [-0.15, -0.1) is 0 Å². The van der Waals surface area contributed by atoms with E-state index in [0.29, 0.717) is 53.4 Å². The molecule has 0 amide bonds. The number of benzene rings is 2. The second kappa shape index (κ2) is 12.0. The molecule has 1 N–H and O–H groups in total. The minimum absolute atomic E-state index is 0.00535. The lowest BCUT2D eigenvalue weighted by Gasteiger charge is -2.37. The molecular formula is C32H39NO6. The Morgan fingerprint density at radius 3 is 2.38 bits per heavy atom. The zero-order valence-corrected chi connectivity index (χ0v) is 23.9. The van der Waals surface area contributed by atoms with E-state index >= 15 is 0 Å². The van der Waals surface area contributed by atoms with Crippen molar-refractivity contribution in [3.8, 4) is 17.2 Å². The Hall–Kier alpha value is -3.74. The van der Waals surface area contributed by atoms with Gasteiger partial charge in [0.05, 0.1) is 37.9 Å². The number of carbonyl (C=O) groups is 2. The molecule has 1 aliphatic carbocycles. The van der Waals surface area contributed by atoms with Crippen molar-refractivity contribution >= 4 is 11.8 Å².